The van der Waals surface area contributed by atoms with Gasteiger partial charge in [-0.05, 0) is 44.0 Å². The van der Waals surface area contributed by atoms with Crippen molar-refractivity contribution in [2.45, 2.75) is 19.4 Å². The molecule has 0 spiro atoms. The van der Waals surface area contributed by atoms with Crippen LogP contribution in [0.3, 0.4) is 0 Å². The molecular weight excluding hydrogens is 282 g/mol. The predicted octanol–water partition coefficient (Wildman–Crippen LogP) is 2.23. The average Bonchev–Trinajstić information content (AvgIpc) is 3.01. The minimum atomic E-state index is 0. The van der Waals surface area contributed by atoms with Crippen molar-refractivity contribution in [3.8, 4) is 0 Å². The summed E-state index contributed by atoms with van der Waals surface area (Å²) in [6, 6.07) is 10.8. The summed E-state index contributed by atoms with van der Waals surface area (Å²) in [6.07, 6.45) is 2.76. The number of nitrogens with one attached hydrogen (secondary N) is 1. The van der Waals surface area contributed by atoms with Gasteiger partial charge >= 0.3 is 0 Å². The number of hydrogen-bond donors (Lipinski definition) is 1. The largest absolute Gasteiger partial charge is 0.316 e. The van der Waals surface area contributed by atoms with Crippen LogP contribution < -0.4 is 5.32 Å². The lowest BCUT2D eigenvalue weighted by Crippen LogP contribution is -2.46. The minimum Gasteiger partial charge on any atom is -0.316 e. The first-order valence-electron chi connectivity index (χ1n) is 8.09. The molecular formula is C17H28ClN3. The fraction of sp³-hybridized carbons (Fsp3) is 0.647. The summed E-state index contributed by atoms with van der Waals surface area (Å²) in [5.41, 5.74) is 1.44. The van der Waals surface area contributed by atoms with Gasteiger partial charge in [-0.2, -0.15) is 0 Å². The van der Waals surface area contributed by atoms with Crippen LogP contribution in [0.5, 0.6) is 0 Å². The molecule has 3 rings (SSSR count). The third-order valence-corrected chi connectivity index (χ3v) is 4.73. The molecule has 21 heavy (non-hydrogen) atoms. The van der Waals surface area contributed by atoms with Crippen molar-refractivity contribution >= 4 is 12.4 Å². The van der Waals surface area contributed by atoms with Crippen LogP contribution in [-0.2, 0) is 6.54 Å². The van der Waals surface area contributed by atoms with Crippen molar-refractivity contribution in [2.24, 2.45) is 5.92 Å². The molecule has 2 aliphatic heterocycles. The number of rotatable bonds is 5. The molecule has 1 aromatic carbocycles. The third-order valence-electron chi connectivity index (χ3n) is 4.73. The second-order valence-electron chi connectivity index (χ2n) is 6.25. The highest BCUT2D eigenvalue weighted by molar-refractivity contribution is 5.85. The molecule has 2 fully saturated rings. The highest BCUT2D eigenvalue weighted by Crippen LogP contribution is 2.14. The van der Waals surface area contributed by atoms with Crippen LogP contribution in [0.1, 0.15) is 18.4 Å². The Kier molecular flexibility index (Phi) is 6.97. The first-order chi connectivity index (χ1) is 9.90. The molecule has 2 aliphatic rings. The van der Waals surface area contributed by atoms with Crippen molar-refractivity contribution in [1.82, 2.24) is 15.1 Å². The summed E-state index contributed by atoms with van der Waals surface area (Å²) in [6.45, 7) is 9.81. The summed E-state index contributed by atoms with van der Waals surface area (Å²) < 4.78 is 0. The molecule has 0 saturated carbocycles. The van der Waals surface area contributed by atoms with Gasteiger partial charge in [-0.25, -0.2) is 0 Å². The van der Waals surface area contributed by atoms with Crippen LogP contribution in [0, 0.1) is 5.92 Å². The van der Waals surface area contributed by atoms with Gasteiger partial charge in [0, 0.05) is 32.7 Å². The average molecular weight is 310 g/mol. The molecule has 3 nitrogen and oxygen atoms in total. The molecule has 0 aromatic heterocycles. The number of nitrogens with zero attached hydrogens (tertiary/aromatic N) is 2. The first kappa shape index (κ1) is 16.8. The smallest absolute Gasteiger partial charge is 0.0234 e. The van der Waals surface area contributed by atoms with Crippen LogP contribution in [-0.4, -0.2) is 55.6 Å². The molecule has 118 valence electrons. The summed E-state index contributed by atoms with van der Waals surface area (Å²) in [5.74, 6) is 0.928. The van der Waals surface area contributed by atoms with Crippen molar-refractivity contribution in [2.75, 3.05) is 45.8 Å². The Bertz CT molecular complexity index is 384. The van der Waals surface area contributed by atoms with Crippen molar-refractivity contribution in [3.05, 3.63) is 35.9 Å². The lowest BCUT2D eigenvalue weighted by Gasteiger charge is -2.35. The molecule has 1 N–H and O–H groups in total. The quantitative estimate of drug-likeness (QED) is 0.900. The van der Waals surface area contributed by atoms with Crippen LogP contribution in [0.2, 0.25) is 0 Å². The Morgan fingerprint density at radius 1 is 1.00 bits per heavy atom. The monoisotopic (exact) mass is 309 g/mol. The molecule has 1 unspecified atom stereocenters. The summed E-state index contributed by atoms with van der Waals surface area (Å²) >= 11 is 0. The van der Waals surface area contributed by atoms with Gasteiger partial charge in [0.05, 0.1) is 0 Å². The Hall–Kier alpha value is -0.610. The zero-order valence-electron chi connectivity index (χ0n) is 12.8. The van der Waals surface area contributed by atoms with E-state index in [0.717, 1.165) is 12.5 Å². The minimum absolute atomic E-state index is 0. The maximum Gasteiger partial charge on any atom is 0.0234 e. The highest BCUT2D eigenvalue weighted by atomic mass is 35.5. The van der Waals surface area contributed by atoms with Gasteiger partial charge in [-0.15, -0.1) is 12.4 Å². The van der Waals surface area contributed by atoms with Gasteiger partial charge < -0.3 is 10.2 Å². The fourth-order valence-corrected chi connectivity index (χ4v) is 3.34. The van der Waals surface area contributed by atoms with E-state index < -0.39 is 0 Å². The standard InChI is InChI=1S/C17H27N3.ClH/c1-2-4-17(5-3-1)15-20-12-10-19(11-13-20)9-7-16-6-8-18-14-16;/h1-5,16,18H,6-15H2;1H. The highest BCUT2D eigenvalue weighted by Gasteiger charge is 2.19. The van der Waals surface area contributed by atoms with Crippen molar-refractivity contribution in [1.29, 1.82) is 0 Å². The van der Waals surface area contributed by atoms with E-state index in [2.05, 4.69) is 45.4 Å². The second-order valence-corrected chi connectivity index (χ2v) is 6.25. The van der Waals surface area contributed by atoms with Crippen LogP contribution >= 0.6 is 12.4 Å². The van der Waals surface area contributed by atoms with E-state index in [9.17, 15) is 0 Å². The second kappa shape index (κ2) is 8.74. The molecule has 2 heterocycles. The molecule has 0 aliphatic carbocycles. The van der Waals surface area contributed by atoms with Gasteiger partial charge in [-0.1, -0.05) is 30.3 Å². The van der Waals surface area contributed by atoms with E-state index in [-0.39, 0.29) is 12.4 Å². The van der Waals surface area contributed by atoms with Crippen LogP contribution in [0.25, 0.3) is 0 Å². The molecule has 0 radical (unpaired) electrons. The topological polar surface area (TPSA) is 18.5 Å². The van der Waals surface area contributed by atoms with E-state index in [1.54, 1.807) is 0 Å². The SMILES string of the molecule is Cl.c1ccc(CN2CCN(CCC3CCNC3)CC2)cc1. The van der Waals surface area contributed by atoms with Gasteiger partial charge in [0.25, 0.3) is 0 Å². The Balaban J connectivity index is 0.00000161. The van der Waals surface area contributed by atoms with E-state index in [0.29, 0.717) is 0 Å². The van der Waals surface area contributed by atoms with Crippen molar-refractivity contribution < 1.29 is 0 Å². The Morgan fingerprint density at radius 2 is 1.71 bits per heavy atom. The molecule has 4 heteroatoms. The number of piperazine rings is 1. The van der Waals surface area contributed by atoms with Crippen LogP contribution in [0.15, 0.2) is 30.3 Å². The van der Waals surface area contributed by atoms with Crippen LogP contribution in [0.4, 0.5) is 0 Å². The van der Waals surface area contributed by atoms with Gasteiger partial charge in [0.2, 0.25) is 0 Å². The molecule has 1 atom stereocenters. The summed E-state index contributed by atoms with van der Waals surface area (Å²) in [7, 11) is 0. The number of benzene rings is 1. The molecule has 1 aromatic rings. The zero-order chi connectivity index (χ0) is 13.6. The number of halogens is 1. The summed E-state index contributed by atoms with van der Waals surface area (Å²) in [5, 5.41) is 3.47. The molecule has 2 saturated heterocycles. The van der Waals surface area contributed by atoms with Gasteiger partial charge in [0.1, 0.15) is 0 Å². The van der Waals surface area contributed by atoms with Gasteiger partial charge in [-0.3, -0.25) is 4.90 Å². The summed E-state index contributed by atoms with van der Waals surface area (Å²) in [4.78, 5) is 5.24. The lowest BCUT2D eigenvalue weighted by molar-refractivity contribution is 0.122. The lowest BCUT2D eigenvalue weighted by atomic mass is 10.0. The first-order valence-corrected chi connectivity index (χ1v) is 8.09. The Labute approximate surface area is 135 Å². The zero-order valence-corrected chi connectivity index (χ0v) is 13.7. The normalized spacial score (nSPS) is 23.9. The maximum absolute atomic E-state index is 3.47. The molecule has 0 amide bonds. The van der Waals surface area contributed by atoms with Gasteiger partial charge in [0.15, 0.2) is 0 Å². The predicted molar refractivity (Wildman–Crippen MR) is 91.0 cm³/mol. The fourth-order valence-electron chi connectivity index (χ4n) is 3.34. The Morgan fingerprint density at radius 3 is 2.38 bits per heavy atom. The van der Waals surface area contributed by atoms with E-state index in [1.807, 2.05) is 0 Å². The third kappa shape index (κ3) is 5.26. The van der Waals surface area contributed by atoms with E-state index >= 15 is 0 Å². The number of hydrogen-bond acceptors (Lipinski definition) is 3. The van der Waals surface area contributed by atoms with E-state index in [4.69, 9.17) is 0 Å². The molecule has 0 bridgehead atoms. The van der Waals surface area contributed by atoms with E-state index in [1.165, 1.54) is 64.2 Å². The maximum atomic E-state index is 3.47. The van der Waals surface area contributed by atoms with Crippen molar-refractivity contribution in [3.63, 3.8) is 0 Å².